The average Bonchev–Trinajstić information content (AvgIpc) is 2.54. The van der Waals surface area contributed by atoms with Crippen LogP contribution in [0.4, 0.5) is 27.6 Å². The van der Waals surface area contributed by atoms with E-state index in [4.69, 9.17) is 0 Å². The summed E-state index contributed by atoms with van der Waals surface area (Å²) in [6, 6.07) is 1.38. The van der Waals surface area contributed by atoms with Crippen molar-refractivity contribution in [2.45, 2.75) is 25.6 Å². The zero-order valence-corrected chi connectivity index (χ0v) is 12.6. The first kappa shape index (κ1) is 18.2. The third-order valence-corrected chi connectivity index (χ3v) is 3.36. The van der Waals surface area contributed by atoms with E-state index in [1.54, 1.807) is 0 Å². The average molecular weight is 348 g/mol. The molecule has 1 amide bonds. The van der Waals surface area contributed by atoms with Crippen LogP contribution in [0.3, 0.4) is 0 Å². The fourth-order valence-corrected chi connectivity index (χ4v) is 2.32. The standard InChI is InChI=1S/C15H13F5N2O2/c1-8(2)5-6-14(15(18,19)20)12-10(4-3-9(16)13(12)17)21-11(23)7-22(14)24/h3-4,8,24H,7H2,1-2H3,(H,21,23). The van der Waals surface area contributed by atoms with Gasteiger partial charge in [0.2, 0.25) is 11.4 Å². The molecule has 2 N–H and O–H groups in total. The molecule has 1 aliphatic rings. The summed E-state index contributed by atoms with van der Waals surface area (Å²) in [5.74, 6) is -0.943. The lowest BCUT2D eigenvalue weighted by molar-refractivity contribution is -0.284. The predicted octanol–water partition coefficient (Wildman–Crippen LogP) is 3.03. The Morgan fingerprint density at radius 1 is 1.33 bits per heavy atom. The van der Waals surface area contributed by atoms with Crippen LogP contribution >= 0.6 is 0 Å². The number of alkyl halides is 3. The summed E-state index contributed by atoms with van der Waals surface area (Å²) in [5.41, 5.74) is -5.47. The van der Waals surface area contributed by atoms with Gasteiger partial charge in [0.25, 0.3) is 0 Å². The lowest BCUT2D eigenvalue weighted by Crippen LogP contribution is -2.55. The second-order valence-electron chi connectivity index (χ2n) is 5.52. The molecule has 4 nitrogen and oxygen atoms in total. The Hall–Kier alpha value is -2.18. The van der Waals surface area contributed by atoms with Crippen LogP contribution in [-0.2, 0) is 10.3 Å². The van der Waals surface area contributed by atoms with Gasteiger partial charge in [0, 0.05) is 5.92 Å². The molecule has 0 fully saturated rings. The van der Waals surface area contributed by atoms with Gasteiger partial charge >= 0.3 is 6.18 Å². The molecule has 0 radical (unpaired) electrons. The van der Waals surface area contributed by atoms with Crippen LogP contribution in [0.2, 0.25) is 0 Å². The third-order valence-electron chi connectivity index (χ3n) is 3.36. The molecule has 130 valence electrons. The lowest BCUT2D eigenvalue weighted by atomic mass is 9.86. The van der Waals surface area contributed by atoms with E-state index < -0.39 is 58.0 Å². The van der Waals surface area contributed by atoms with E-state index in [9.17, 15) is 32.0 Å². The van der Waals surface area contributed by atoms with Gasteiger partial charge in [0.05, 0.1) is 11.3 Å². The number of carbonyl (C=O) groups is 1. The number of nitrogens with zero attached hydrogens (tertiary/aromatic N) is 1. The topological polar surface area (TPSA) is 52.6 Å². The molecule has 1 heterocycles. The zero-order chi connectivity index (χ0) is 18.3. The van der Waals surface area contributed by atoms with E-state index in [0.717, 1.165) is 6.07 Å². The number of hydroxylamine groups is 2. The van der Waals surface area contributed by atoms with Gasteiger partial charge in [-0.25, -0.2) is 8.78 Å². The van der Waals surface area contributed by atoms with E-state index in [-0.39, 0.29) is 0 Å². The summed E-state index contributed by atoms with van der Waals surface area (Å²) in [6.07, 6.45) is -5.32. The van der Waals surface area contributed by atoms with E-state index in [1.807, 2.05) is 11.2 Å². The predicted molar refractivity (Wildman–Crippen MR) is 73.8 cm³/mol. The van der Waals surface area contributed by atoms with Crippen molar-refractivity contribution in [2.75, 3.05) is 11.9 Å². The molecule has 1 unspecified atom stereocenters. The quantitative estimate of drug-likeness (QED) is 0.560. The Balaban J connectivity index is 2.94. The number of hydrogen-bond acceptors (Lipinski definition) is 3. The van der Waals surface area contributed by atoms with Crippen molar-refractivity contribution in [3.63, 3.8) is 0 Å². The van der Waals surface area contributed by atoms with Crippen LogP contribution in [0.5, 0.6) is 0 Å². The SMILES string of the molecule is CC(C)C#CC1(C(F)(F)F)c2c(ccc(F)c2F)NC(=O)CN1O. The van der Waals surface area contributed by atoms with E-state index in [0.29, 0.717) is 6.07 Å². The Labute approximate surface area is 134 Å². The summed E-state index contributed by atoms with van der Waals surface area (Å²) in [7, 11) is 0. The summed E-state index contributed by atoms with van der Waals surface area (Å²) in [6.45, 7) is 1.85. The third kappa shape index (κ3) is 2.83. The molecule has 0 saturated carbocycles. The Morgan fingerprint density at radius 3 is 2.50 bits per heavy atom. The van der Waals surface area contributed by atoms with Crippen LogP contribution in [-0.4, -0.2) is 28.9 Å². The minimum atomic E-state index is -5.32. The van der Waals surface area contributed by atoms with Gasteiger partial charge in [0.1, 0.15) is 6.54 Å². The molecule has 24 heavy (non-hydrogen) atoms. The van der Waals surface area contributed by atoms with Crippen molar-refractivity contribution < 1.29 is 32.0 Å². The van der Waals surface area contributed by atoms with Crippen molar-refractivity contribution in [3.8, 4) is 11.8 Å². The number of rotatable bonds is 0. The normalized spacial score (nSPS) is 21.6. The van der Waals surface area contributed by atoms with E-state index in [2.05, 4.69) is 5.92 Å². The van der Waals surface area contributed by atoms with Crippen LogP contribution in [0.1, 0.15) is 19.4 Å². The second kappa shape index (κ2) is 6.03. The first-order chi connectivity index (χ1) is 11.0. The highest BCUT2D eigenvalue weighted by molar-refractivity contribution is 5.94. The van der Waals surface area contributed by atoms with E-state index >= 15 is 0 Å². The first-order valence-corrected chi connectivity index (χ1v) is 6.85. The summed E-state index contributed by atoms with van der Waals surface area (Å²) in [5, 5.41) is 11.6. The molecule has 9 heteroatoms. The highest BCUT2D eigenvalue weighted by Gasteiger charge is 2.63. The largest absolute Gasteiger partial charge is 0.424 e. The van der Waals surface area contributed by atoms with Gasteiger partial charge in [-0.2, -0.15) is 18.2 Å². The number of halogens is 5. The van der Waals surface area contributed by atoms with Crippen LogP contribution < -0.4 is 5.32 Å². The van der Waals surface area contributed by atoms with Crippen molar-refractivity contribution in [1.29, 1.82) is 0 Å². The maximum absolute atomic E-state index is 14.3. The number of amides is 1. The van der Waals surface area contributed by atoms with E-state index in [1.165, 1.54) is 13.8 Å². The van der Waals surface area contributed by atoms with Gasteiger partial charge in [-0.3, -0.25) is 4.79 Å². The van der Waals surface area contributed by atoms with Crippen molar-refractivity contribution >= 4 is 11.6 Å². The zero-order valence-electron chi connectivity index (χ0n) is 12.6. The molecule has 0 spiro atoms. The lowest BCUT2D eigenvalue weighted by Gasteiger charge is -2.36. The van der Waals surface area contributed by atoms with Gasteiger partial charge in [-0.05, 0) is 12.1 Å². The molecule has 1 atom stereocenters. The van der Waals surface area contributed by atoms with Gasteiger partial charge in [-0.15, -0.1) is 0 Å². The molecule has 0 bridgehead atoms. The maximum atomic E-state index is 14.3. The van der Waals surface area contributed by atoms with Gasteiger partial charge in [-0.1, -0.05) is 25.7 Å². The number of carbonyl (C=O) groups excluding carboxylic acids is 1. The molecule has 1 aliphatic heterocycles. The minimum absolute atomic E-state index is 0.411. The highest BCUT2D eigenvalue weighted by Crippen LogP contribution is 2.48. The number of anilines is 1. The monoisotopic (exact) mass is 348 g/mol. The van der Waals surface area contributed by atoms with Crippen molar-refractivity contribution in [2.24, 2.45) is 5.92 Å². The molecular formula is C15H13F5N2O2. The van der Waals surface area contributed by atoms with Crippen molar-refractivity contribution in [1.82, 2.24) is 5.06 Å². The van der Waals surface area contributed by atoms with Crippen LogP contribution in [0.15, 0.2) is 12.1 Å². The highest BCUT2D eigenvalue weighted by atomic mass is 19.4. The molecule has 1 aromatic carbocycles. The Morgan fingerprint density at radius 2 is 1.96 bits per heavy atom. The fourth-order valence-electron chi connectivity index (χ4n) is 2.32. The summed E-state index contributed by atoms with van der Waals surface area (Å²) < 4.78 is 69.5. The van der Waals surface area contributed by atoms with Gasteiger partial charge < -0.3 is 10.5 Å². The molecular weight excluding hydrogens is 335 g/mol. The van der Waals surface area contributed by atoms with Crippen molar-refractivity contribution in [3.05, 3.63) is 29.3 Å². The minimum Gasteiger partial charge on any atom is -0.324 e. The molecule has 0 aromatic heterocycles. The number of nitrogens with one attached hydrogen (secondary N) is 1. The summed E-state index contributed by atoms with van der Waals surface area (Å²) >= 11 is 0. The number of hydrogen-bond donors (Lipinski definition) is 2. The van der Waals surface area contributed by atoms with Crippen LogP contribution in [0.25, 0.3) is 0 Å². The summed E-state index contributed by atoms with van der Waals surface area (Å²) in [4.78, 5) is 11.7. The smallest absolute Gasteiger partial charge is 0.324 e. The first-order valence-electron chi connectivity index (χ1n) is 6.85. The molecule has 0 saturated heterocycles. The van der Waals surface area contributed by atoms with Crippen LogP contribution in [0, 0.1) is 29.4 Å². The van der Waals surface area contributed by atoms with Gasteiger partial charge in [0.15, 0.2) is 11.6 Å². The molecule has 0 aliphatic carbocycles. The maximum Gasteiger partial charge on any atom is 0.424 e. The molecule has 2 rings (SSSR count). The Kier molecular flexibility index (Phi) is 4.57. The number of benzene rings is 1. The fraction of sp³-hybridized carbons (Fsp3) is 0.400. The molecule has 1 aromatic rings. The second-order valence-corrected chi connectivity index (χ2v) is 5.52. The Bertz CT molecular complexity index is 736. The number of fused-ring (bicyclic) bond motifs is 1.